The zero-order chi connectivity index (χ0) is 27.0. The molecule has 38 heavy (non-hydrogen) atoms. The summed E-state index contributed by atoms with van der Waals surface area (Å²) in [5.41, 5.74) is 5.43. The summed E-state index contributed by atoms with van der Waals surface area (Å²) >= 11 is 0. The molecule has 0 bridgehead atoms. The highest BCUT2D eigenvalue weighted by molar-refractivity contribution is 6.76. The minimum Gasteiger partial charge on any atom is -0.383 e. The van der Waals surface area contributed by atoms with Gasteiger partial charge in [-0.1, -0.05) is 25.7 Å². The summed E-state index contributed by atoms with van der Waals surface area (Å²) < 4.78 is 14.9. The first-order valence-corrected chi connectivity index (χ1v) is 17.1. The van der Waals surface area contributed by atoms with Gasteiger partial charge in [-0.15, -0.1) is 0 Å². The van der Waals surface area contributed by atoms with Gasteiger partial charge in [0.15, 0.2) is 5.65 Å². The van der Waals surface area contributed by atoms with Crippen molar-refractivity contribution in [3.8, 4) is 11.4 Å². The second-order valence-corrected chi connectivity index (χ2v) is 17.3. The van der Waals surface area contributed by atoms with Crippen LogP contribution < -0.4 is 5.32 Å². The van der Waals surface area contributed by atoms with Gasteiger partial charge in [-0.25, -0.2) is 9.97 Å². The molecule has 1 saturated carbocycles. The molecular formula is C28H38N6O3Si. The molecule has 4 aromatic rings. The fourth-order valence-electron chi connectivity index (χ4n) is 4.71. The molecule has 1 aliphatic carbocycles. The summed E-state index contributed by atoms with van der Waals surface area (Å²) in [5, 5.41) is 8.86. The first-order valence-electron chi connectivity index (χ1n) is 13.3. The SMILES string of the molecule is COC[C@H](C)NC(=O)c1cn(COCC[Si](C)(C)C)c2ncc(-c3nn(C)c4ccc(C5CC5)cc34)nc12. The fourth-order valence-corrected chi connectivity index (χ4v) is 5.46. The Morgan fingerprint density at radius 1 is 1.26 bits per heavy atom. The largest absolute Gasteiger partial charge is 0.383 e. The minimum atomic E-state index is -1.21. The number of carbonyl (C=O) groups is 1. The Balaban J connectivity index is 1.53. The molecule has 1 aromatic carbocycles. The number of aryl methyl sites for hydroxylation is 1. The third-order valence-electron chi connectivity index (χ3n) is 7.00. The Labute approximate surface area is 224 Å². The smallest absolute Gasteiger partial charge is 0.255 e. The van der Waals surface area contributed by atoms with Crippen molar-refractivity contribution in [3.05, 3.63) is 41.7 Å². The molecule has 0 saturated heterocycles. The highest BCUT2D eigenvalue weighted by Gasteiger charge is 2.25. The standard InChI is InChI=1S/C28H38N6O3Si/c1-18(16-36-3)30-28(35)22-15-34(17-37-11-12-38(4,5)6)27-26(22)31-23(14-29-27)25-21-13-20(19-7-8-19)9-10-24(21)33(2)32-25/h9-10,13-15,18-19H,7-8,11-12,16-17H2,1-6H3,(H,30,35)/t18-/m0/s1. The van der Waals surface area contributed by atoms with E-state index in [1.54, 1.807) is 19.5 Å². The van der Waals surface area contributed by atoms with Crippen LogP contribution in [0.25, 0.3) is 33.5 Å². The minimum absolute atomic E-state index is 0.143. The number of fused-ring (bicyclic) bond motifs is 2. The van der Waals surface area contributed by atoms with Crippen molar-refractivity contribution in [3.63, 3.8) is 0 Å². The first-order chi connectivity index (χ1) is 18.1. The zero-order valence-electron chi connectivity index (χ0n) is 23.2. The number of hydrogen-bond acceptors (Lipinski definition) is 6. The second-order valence-electron chi connectivity index (χ2n) is 11.6. The van der Waals surface area contributed by atoms with Crippen molar-refractivity contribution in [2.75, 3.05) is 20.3 Å². The zero-order valence-corrected chi connectivity index (χ0v) is 24.2. The predicted octanol–water partition coefficient (Wildman–Crippen LogP) is 4.94. The van der Waals surface area contributed by atoms with Gasteiger partial charge >= 0.3 is 0 Å². The van der Waals surface area contributed by atoms with Gasteiger partial charge in [0.05, 0.1) is 23.9 Å². The van der Waals surface area contributed by atoms with Crippen LogP contribution in [0.4, 0.5) is 0 Å². The van der Waals surface area contributed by atoms with Gasteiger partial charge in [0.25, 0.3) is 5.91 Å². The number of nitrogens with zero attached hydrogens (tertiary/aromatic N) is 5. The van der Waals surface area contributed by atoms with Crippen LogP contribution in [0, 0.1) is 0 Å². The molecule has 1 aliphatic rings. The topological polar surface area (TPSA) is 96.1 Å². The van der Waals surface area contributed by atoms with Crippen LogP contribution in [0.15, 0.2) is 30.6 Å². The first kappa shape index (κ1) is 26.5. The van der Waals surface area contributed by atoms with Crippen LogP contribution in [-0.4, -0.2) is 64.7 Å². The van der Waals surface area contributed by atoms with E-state index in [0.29, 0.717) is 48.3 Å². The van der Waals surface area contributed by atoms with E-state index in [1.807, 2.05) is 23.2 Å². The lowest BCUT2D eigenvalue weighted by molar-refractivity contribution is 0.0881. The Hall–Kier alpha value is -3.08. The van der Waals surface area contributed by atoms with Crippen molar-refractivity contribution in [1.29, 1.82) is 0 Å². The van der Waals surface area contributed by atoms with E-state index in [2.05, 4.69) is 43.2 Å². The molecule has 3 aromatic heterocycles. The van der Waals surface area contributed by atoms with E-state index >= 15 is 0 Å². The van der Waals surface area contributed by atoms with Crippen LogP contribution in [0.5, 0.6) is 0 Å². The van der Waals surface area contributed by atoms with Gasteiger partial charge in [0.1, 0.15) is 23.6 Å². The highest BCUT2D eigenvalue weighted by Crippen LogP contribution is 2.42. The maximum Gasteiger partial charge on any atom is 0.255 e. The van der Waals surface area contributed by atoms with Crippen LogP contribution in [0.2, 0.25) is 25.7 Å². The molecule has 9 nitrogen and oxygen atoms in total. The Bertz CT molecular complexity index is 1470. The van der Waals surface area contributed by atoms with E-state index in [9.17, 15) is 4.79 Å². The van der Waals surface area contributed by atoms with Gasteiger partial charge in [0.2, 0.25) is 0 Å². The van der Waals surface area contributed by atoms with Crippen molar-refractivity contribution in [1.82, 2.24) is 29.6 Å². The summed E-state index contributed by atoms with van der Waals surface area (Å²) in [7, 11) is 2.36. The molecular weight excluding hydrogens is 496 g/mol. The van der Waals surface area contributed by atoms with Gasteiger partial charge in [-0.3, -0.25) is 9.48 Å². The molecule has 3 heterocycles. The number of carbonyl (C=O) groups excluding carboxylic acids is 1. The molecule has 10 heteroatoms. The summed E-state index contributed by atoms with van der Waals surface area (Å²) in [6.45, 7) is 10.3. The van der Waals surface area contributed by atoms with Crippen LogP contribution in [0.1, 0.15) is 41.6 Å². The van der Waals surface area contributed by atoms with Gasteiger partial charge in [0, 0.05) is 46.5 Å². The van der Waals surface area contributed by atoms with Gasteiger partial charge in [-0.05, 0) is 49.4 Å². The molecule has 1 fully saturated rings. The maximum atomic E-state index is 13.3. The molecule has 0 spiro atoms. The van der Waals surface area contributed by atoms with Crippen molar-refractivity contribution in [2.45, 2.75) is 64.1 Å². The number of aromatic nitrogens is 5. The average molecular weight is 535 g/mol. The predicted molar refractivity (Wildman–Crippen MR) is 152 cm³/mol. The Morgan fingerprint density at radius 2 is 2.05 bits per heavy atom. The van der Waals surface area contributed by atoms with Crippen LogP contribution in [0.3, 0.4) is 0 Å². The Kier molecular flexibility index (Phi) is 7.39. The van der Waals surface area contributed by atoms with E-state index in [-0.39, 0.29) is 11.9 Å². The van der Waals surface area contributed by atoms with Crippen molar-refractivity contribution >= 4 is 36.0 Å². The molecule has 1 atom stereocenters. The molecule has 0 unspecified atom stereocenters. The number of ether oxygens (including phenoxy) is 2. The maximum absolute atomic E-state index is 13.3. The summed E-state index contributed by atoms with van der Waals surface area (Å²) in [6.07, 6.45) is 6.02. The summed E-state index contributed by atoms with van der Waals surface area (Å²) in [5.74, 6) is 0.425. The second kappa shape index (κ2) is 10.6. The Morgan fingerprint density at radius 3 is 2.76 bits per heavy atom. The normalized spacial score (nSPS) is 14.9. The molecule has 1 amide bonds. The lowest BCUT2D eigenvalue weighted by Gasteiger charge is -2.15. The number of rotatable bonds is 11. The quantitative estimate of drug-likeness (QED) is 0.216. The van der Waals surface area contributed by atoms with Crippen LogP contribution in [-0.2, 0) is 23.3 Å². The van der Waals surface area contributed by atoms with E-state index < -0.39 is 8.07 Å². The fraction of sp³-hybridized carbons (Fsp3) is 0.500. The number of nitrogens with one attached hydrogen (secondary N) is 1. The van der Waals surface area contributed by atoms with Gasteiger partial charge in [-0.2, -0.15) is 5.10 Å². The molecule has 0 aliphatic heterocycles. The van der Waals surface area contributed by atoms with E-state index in [0.717, 1.165) is 22.6 Å². The summed E-state index contributed by atoms with van der Waals surface area (Å²) in [4.78, 5) is 23.0. The van der Waals surface area contributed by atoms with Crippen LogP contribution >= 0.6 is 0 Å². The van der Waals surface area contributed by atoms with E-state index in [1.165, 1.54) is 18.4 Å². The third-order valence-corrected chi connectivity index (χ3v) is 8.70. The molecule has 0 radical (unpaired) electrons. The molecule has 1 N–H and O–H groups in total. The lowest BCUT2D eigenvalue weighted by atomic mass is 10.1. The molecule has 5 rings (SSSR count). The van der Waals surface area contributed by atoms with Crippen molar-refractivity contribution < 1.29 is 14.3 Å². The molecule has 202 valence electrons. The number of benzene rings is 1. The summed E-state index contributed by atoms with van der Waals surface area (Å²) in [6, 6.07) is 7.50. The van der Waals surface area contributed by atoms with Crippen molar-refractivity contribution in [2.24, 2.45) is 7.05 Å². The van der Waals surface area contributed by atoms with Gasteiger partial charge < -0.3 is 19.4 Å². The monoisotopic (exact) mass is 534 g/mol. The number of amides is 1. The average Bonchev–Trinajstić information content (AvgIpc) is 3.58. The third kappa shape index (κ3) is 5.67. The van der Waals surface area contributed by atoms with E-state index in [4.69, 9.17) is 24.5 Å². The lowest BCUT2D eigenvalue weighted by Crippen LogP contribution is -2.35. The number of hydrogen-bond donors (Lipinski definition) is 1. The highest BCUT2D eigenvalue weighted by atomic mass is 28.3. The number of methoxy groups -OCH3 is 1.